The van der Waals surface area contributed by atoms with Gasteiger partial charge in [-0.3, -0.25) is 4.68 Å². The van der Waals surface area contributed by atoms with Gasteiger partial charge < -0.3 is 5.32 Å². The SMILES string of the molecule is O=S(=O)(NCCn1cc([C@H]2CCCNC2)nn1)c1ccc(Cl)cc1. The van der Waals surface area contributed by atoms with E-state index < -0.39 is 10.0 Å². The van der Waals surface area contributed by atoms with E-state index in [9.17, 15) is 8.42 Å². The zero-order valence-electron chi connectivity index (χ0n) is 13.2. The number of aromatic nitrogens is 3. The molecule has 9 heteroatoms. The van der Waals surface area contributed by atoms with E-state index in [1.165, 1.54) is 12.1 Å². The number of halogens is 1. The predicted octanol–water partition coefficient (Wildman–Crippen LogP) is 1.38. The molecular weight excluding hydrogens is 350 g/mol. The van der Waals surface area contributed by atoms with E-state index in [-0.39, 0.29) is 11.4 Å². The third kappa shape index (κ3) is 4.32. The summed E-state index contributed by atoms with van der Waals surface area (Å²) in [6.07, 6.45) is 4.14. The van der Waals surface area contributed by atoms with E-state index in [0.29, 0.717) is 17.5 Å². The van der Waals surface area contributed by atoms with E-state index in [2.05, 4.69) is 20.4 Å². The fourth-order valence-corrected chi connectivity index (χ4v) is 3.85. The van der Waals surface area contributed by atoms with Crippen LogP contribution in [-0.4, -0.2) is 43.0 Å². The summed E-state index contributed by atoms with van der Waals surface area (Å²) in [7, 11) is -3.54. The second-order valence-corrected chi connectivity index (χ2v) is 8.00. The molecule has 7 nitrogen and oxygen atoms in total. The summed E-state index contributed by atoms with van der Waals surface area (Å²) in [5, 5.41) is 12.1. The Kier molecular flexibility index (Phi) is 5.50. The van der Waals surface area contributed by atoms with Crippen LogP contribution >= 0.6 is 11.6 Å². The van der Waals surface area contributed by atoms with E-state index >= 15 is 0 Å². The Morgan fingerprint density at radius 3 is 2.83 bits per heavy atom. The first-order valence-electron chi connectivity index (χ1n) is 7.90. The van der Waals surface area contributed by atoms with Crippen molar-refractivity contribution in [2.75, 3.05) is 19.6 Å². The van der Waals surface area contributed by atoms with Gasteiger partial charge in [0.1, 0.15) is 0 Å². The smallest absolute Gasteiger partial charge is 0.240 e. The van der Waals surface area contributed by atoms with E-state index in [4.69, 9.17) is 11.6 Å². The van der Waals surface area contributed by atoms with E-state index in [0.717, 1.165) is 31.6 Å². The first-order valence-corrected chi connectivity index (χ1v) is 9.77. The van der Waals surface area contributed by atoms with Gasteiger partial charge in [0.2, 0.25) is 10.0 Å². The summed E-state index contributed by atoms with van der Waals surface area (Å²) in [5.74, 6) is 0.387. The van der Waals surface area contributed by atoms with Crippen LogP contribution in [0.5, 0.6) is 0 Å². The van der Waals surface area contributed by atoms with Crippen LogP contribution in [0.3, 0.4) is 0 Å². The van der Waals surface area contributed by atoms with Crippen LogP contribution in [-0.2, 0) is 16.6 Å². The lowest BCUT2D eigenvalue weighted by Gasteiger charge is -2.20. The van der Waals surface area contributed by atoms with Crippen LogP contribution in [0.4, 0.5) is 0 Å². The summed E-state index contributed by atoms with van der Waals surface area (Å²) in [5.41, 5.74) is 0.961. The summed E-state index contributed by atoms with van der Waals surface area (Å²) in [4.78, 5) is 0.194. The van der Waals surface area contributed by atoms with Gasteiger partial charge in [0, 0.05) is 30.2 Å². The maximum atomic E-state index is 12.2. The number of nitrogens with one attached hydrogen (secondary N) is 2. The van der Waals surface area contributed by atoms with Gasteiger partial charge in [-0.2, -0.15) is 0 Å². The van der Waals surface area contributed by atoms with Gasteiger partial charge in [-0.1, -0.05) is 16.8 Å². The highest BCUT2D eigenvalue weighted by atomic mass is 35.5. The first-order chi connectivity index (χ1) is 11.5. The molecule has 1 aromatic carbocycles. The number of benzene rings is 1. The average Bonchev–Trinajstić information content (AvgIpc) is 3.05. The maximum Gasteiger partial charge on any atom is 0.240 e. The molecule has 24 heavy (non-hydrogen) atoms. The molecule has 2 heterocycles. The van der Waals surface area contributed by atoms with Crippen molar-refractivity contribution in [3.05, 3.63) is 41.2 Å². The van der Waals surface area contributed by atoms with Gasteiger partial charge in [0.25, 0.3) is 0 Å². The Balaban J connectivity index is 1.54. The Hall–Kier alpha value is -1.48. The topological polar surface area (TPSA) is 88.9 Å². The molecule has 0 amide bonds. The van der Waals surface area contributed by atoms with Crippen LogP contribution in [0.25, 0.3) is 0 Å². The minimum absolute atomic E-state index is 0.194. The van der Waals surface area contributed by atoms with Crippen molar-refractivity contribution in [2.24, 2.45) is 0 Å². The fourth-order valence-electron chi connectivity index (χ4n) is 2.71. The molecule has 130 valence electrons. The molecule has 0 radical (unpaired) electrons. The molecule has 0 aliphatic carbocycles. The van der Waals surface area contributed by atoms with Crippen molar-refractivity contribution in [3.63, 3.8) is 0 Å². The van der Waals surface area contributed by atoms with Gasteiger partial charge in [0.05, 0.1) is 17.1 Å². The highest BCUT2D eigenvalue weighted by Crippen LogP contribution is 2.20. The Morgan fingerprint density at radius 1 is 1.33 bits per heavy atom. The highest BCUT2D eigenvalue weighted by Gasteiger charge is 2.18. The minimum Gasteiger partial charge on any atom is -0.316 e. The standard InChI is InChI=1S/C15H20ClN5O2S/c16-13-3-5-14(6-4-13)24(22,23)18-8-9-21-11-15(19-20-21)12-2-1-7-17-10-12/h3-6,11-12,17-18H,1-2,7-10H2/t12-/m0/s1. The quantitative estimate of drug-likeness (QED) is 0.803. The number of piperidine rings is 1. The van der Waals surface area contributed by atoms with Crippen molar-refractivity contribution < 1.29 is 8.42 Å². The third-order valence-corrected chi connectivity index (χ3v) is 5.76. The minimum atomic E-state index is -3.54. The van der Waals surface area contributed by atoms with Gasteiger partial charge in [0.15, 0.2) is 0 Å². The first kappa shape index (κ1) is 17.3. The molecule has 1 aromatic heterocycles. The molecule has 0 unspecified atom stereocenters. The van der Waals surface area contributed by atoms with Gasteiger partial charge in [-0.05, 0) is 43.7 Å². The molecule has 1 atom stereocenters. The lowest BCUT2D eigenvalue weighted by Crippen LogP contribution is -2.28. The van der Waals surface area contributed by atoms with Crippen LogP contribution in [0.2, 0.25) is 5.02 Å². The number of sulfonamides is 1. The van der Waals surface area contributed by atoms with Crippen LogP contribution < -0.4 is 10.0 Å². The number of hydrogen-bond acceptors (Lipinski definition) is 5. The number of hydrogen-bond donors (Lipinski definition) is 2. The average molecular weight is 370 g/mol. The number of nitrogens with zero attached hydrogens (tertiary/aromatic N) is 3. The second-order valence-electron chi connectivity index (χ2n) is 5.80. The van der Waals surface area contributed by atoms with Crippen LogP contribution in [0.15, 0.2) is 35.4 Å². The van der Waals surface area contributed by atoms with Crippen molar-refractivity contribution in [3.8, 4) is 0 Å². The fraction of sp³-hybridized carbons (Fsp3) is 0.467. The van der Waals surface area contributed by atoms with Crippen molar-refractivity contribution in [2.45, 2.75) is 30.2 Å². The van der Waals surface area contributed by atoms with Gasteiger partial charge >= 0.3 is 0 Å². The van der Waals surface area contributed by atoms with E-state index in [1.54, 1.807) is 16.8 Å². The zero-order chi connectivity index (χ0) is 17.0. The Bertz CT molecular complexity index is 769. The summed E-state index contributed by atoms with van der Waals surface area (Å²) in [6.45, 7) is 2.65. The molecule has 0 saturated carbocycles. The molecule has 1 fully saturated rings. The second kappa shape index (κ2) is 7.60. The molecule has 1 aliphatic heterocycles. The predicted molar refractivity (Wildman–Crippen MR) is 91.5 cm³/mol. The van der Waals surface area contributed by atoms with Gasteiger partial charge in [-0.15, -0.1) is 5.10 Å². The molecule has 1 aliphatic rings. The monoisotopic (exact) mass is 369 g/mol. The van der Waals surface area contributed by atoms with Crippen LogP contribution in [0.1, 0.15) is 24.5 Å². The molecule has 2 N–H and O–H groups in total. The molecule has 3 rings (SSSR count). The Morgan fingerprint density at radius 2 is 2.12 bits per heavy atom. The van der Waals surface area contributed by atoms with Crippen LogP contribution in [0, 0.1) is 0 Å². The van der Waals surface area contributed by atoms with Crippen molar-refractivity contribution >= 4 is 21.6 Å². The summed E-state index contributed by atoms with van der Waals surface area (Å²) >= 11 is 5.77. The highest BCUT2D eigenvalue weighted by molar-refractivity contribution is 7.89. The zero-order valence-corrected chi connectivity index (χ0v) is 14.7. The lowest BCUT2D eigenvalue weighted by atomic mass is 9.97. The Labute approximate surface area is 146 Å². The summed E-state index contributed by atoms with van der Waals surface area (Å²) < 4.78 is 28.6. The molecule has 0 bridgehead atoms. The molecular formula is C15H20ClN5O2S. The normalized spacial score (nSPS) is 18.6. The maximum absolute atomic E-state index is 12.2. The van der Waals surface area contributed by atoms with E-state index in [1.807, 2.05) is 6.20 Å². The van der Waals surface area contributed by atoms with Crippen molar-refractivity contribution in [1.29, 1.82) is 0 Å². The lowest BCUT2D eigenvalue weighted by molar-refractivity contribution is 0.454. The summed E-state index contributed by atoms with van der Waals surface area (Å²) in [6, 6.07) is 6.07. The van der Waals surface area contributed by atoms with Crippen molar-refractivity contribution in [1.82, 2.24) is 25.0 Å². The molecule has 0 spiro atoms. The van der Waals surface area contributed by atoms with Gasteiger partial charge in [-0.25, -0.2) is 13.1 Å². The largest absolute Gasteiger partial charge is 0.316 e. The molecule has 2 aromatic rings. The molecule has 1 saturated heterocycles. The number of rotatable bonds is 6. The third-order valence-electron chi connectivity index (χ3n) is 4.03.